The highest BCUT2D eigenvalue weighted by Crippen LogP contribution is 2.27. The summed E-state index contributed by atoms with van der Waals surface area (Å²) < 4.78 is 23.5. The average Bonchev–Trinajstić information content (AvgIpc) is 2.77. The van der Waals surface area contributed by atoms with Crippen molar-refractivity contribution in [2.24, 2.45) is 0 Å². The summed E-state index contributed by atoms with van der Waals surface area (Å²) in [5, 5.41) is 6.05. The lowest BCUT2D eigenvalue weighted by atomic mass is 10.2. The molecule has 0 spiro atoms. The van der Waals surface area contributed by atoms with Crippen LogP contribution in [0.15, 0.2) is 60.9 Å². The zero-order chi connectivity index (χ0) is 20.6. The Morgan fingerprint density at radius 2 is 1.66 bits per heavy atom. The minimum atomic E-state index is -0.274. The second-order valence-electron chi connectivity index (χ2n) is 6.31. The normalized spacial score (nSPS) is 10.3. The van der Waals surface area contributed by atoms with Crippen molar-refractivity contribution in [1.82, 2.24) is 10.3 Å². The van der Waals surface area contributed by atoms with Crippen molar-refractivity contribution < 1.29 is 18.7 Å². The van der Waals surface area contributed by atoms with Crippen LogP contribution in [0, 0.1) is 5.82 Å². The molecule has 0 aliphatic heterocycles. The number of carbonyl (C=O) groups is 1. The van der Waals surface area contributed by atoms with Gasteiger partial charge in [0.05, 0.1) is 25.5 Å². The maximum atomic E-state index is 13.0. The Balaban J connectivity index is 1.59. The predicted molar refractivity (Wildman–Crippen MR) is 109 cm³/mol. The number of ether oxygens (including phenoxy) is 2. The van der Waals surface area contributed by atoms with Gasteiger partial charge in [0, 0.05) is 25.5 Å². The smallest absolute Gasteiger partial charge is 0.253 e. The third-order valence-corrected chi connectivity index (χ3v) is 4.31. The molecule has 6 nitrogen and oxygen atoms in total. The van der Waals surface area contributed by atoms with Crippen LogP contribution < -0.4 is 20.1 Å². The third-order valence-electron chi connectivity index (χ3n) is 4.31. The van der Waals surface area contributed by atoms with Gasteiger partial charge in [-0.15, -0.1) is 0 Å². The highest BCUT2D eigenvalue weighted by atomic mass is 19.1. The van der Waals surface area contributed by atoms with Gasteiger partial charge in [0.2, 0.25) is 0 Å². The fraction of sp³-hybridized carbons (Fsp3) is 0.182. The van der Waals surface area contributed by atoms with Crippen LogP contribution in [0.5, 0.6) is 11.5 Å². The van der Waals surface area contributed by atoms with Gasteiger partial charge in [-0.3, -0.25) is 9.78 Å². The molecule has 0 saturated heterocycles. The number of anilines is 1. The van der Waals surface area contributed by atoms with Crippen LogP contribution >= 0.6 is 0 Å². The largest absolute Gasteiger partial charge is 0.493 e. The molecule has 1 amide bonds. The second kappa shape index (κ2) is 9.54. The van der Waals surface area contributed by atoms with Gasteiger partial charge in [0.25, 0.3) is 5.91 Å². The average molecular weight is 395 g/mol. The van der Waals surface area contributed by atoms with E-state index in [1.54, 1.807) is 44.7 Å². The number of aromatic nitrogens is 1. The maximum Gasteiger partial charge on any atom is 0.253 e. The standard InChI is InChI=1S/C22H22FN3O3/c1-28-20-8-5-16(9-21(20)29-2)12-26-22(27)17-10-19(14-24-13-17)25-11-15-3-6-18(23)7-4-15/h3-10,13-14,25H,11-12H2,1-2H3,(H,26,27). The molecular formula is C22H22FN3O3. The van der Waals surface area contributed by atoms with E-state index < -0.39 is 0 Å². The third kappa shape index (κ3) is 5.44. The molecular weight excluding hydrogens is 373 g/mol. The van der Waals surface area contributed by atoms with E-state index in [0.717, 1.165) is 11.1 Å². The summed E-state index contributed by atoms with van der Waals surface area (Å²) in [6.07, 6.45) is 3.14. The second-order valence-corrected chi connectivity index (χ2v) is 6.31. The van der Waals surface area contributed by atoms with Gasteiger partial charge in [0.15, 0.2) is 11.5 Å². The summed E-state index contributed by atoms with van der Waals surface area (Å²) >= 11 is 0. The number of halogens is 1. The Bertz CT molecular complexity index is 977. The van der Waals surface area contributed by atoms with E-state index in [-0.39, 0.29) is 11.7 Å². The highest BCUT2D eigenvalue weighted by Gasteiger charge is 2.09. The van der Waals surface area contributed by atoms with Gasteiger partial charge in [-0.2, -0.15) is 0 Å². The maximum absolute atomic E-state index is 13.0. The number of amides is 1. The van der Waals surface area contributed by atoms with E-state index >= 15 is 0 Å². The van der Waals surface area contributed by atoms with E-state index in [0.29, 0.717) is 35.8 Å². The molecule has 2 aromatic carbocycles. The van der Waals surface area contributed by atoms with Crippen molar-refractivity contribution in [2.45, 2.75) is 13.1 Å². The van der Waals surface area contributed by atoms with E-state index in [2.05, 4.69) is 15.6 Å². The van der Waals surface area contributed by atoms with Gasteiger partial charge < -0.3 is 20.1 Å². The van der Waals surface area contributed by atoms with Crippen LogP contribution in [-0.4, -0.2) is 25.1 Å². The van der Waals surface area contributed by atoms with Crippen LogP contribution in [-0.2, 0) is 13.1 Å². The molecule has 7 heteroatoms. The summed E-state index contributed by atoms with van der Waals surface area (Å²) in [5.74, 6) is 0.723. The van der Waals surface area contributed by atoms with E-state index in [9.17, 15) is 9.18 Å². The number of benzene rings is 2. The molecule has 0 aliphatic carbocycles. The molecule has 1 aromatic heterocycles. The molecule has 0 unspecified atom stereocenters. The lowest BCUT2D eigenvalue weighted by molar-refractivity contribution is 0.0950. The SMILES string of the molecule is COc1ccc(CNC(=O)c2cncc(NCc3ccc(F)cc3)c2)cc1OC. The molecule has 3 aromatic rings. The van der Waals surface area contributed by atoms with Crippen molar-refractivity contribution >= 4 is 11.6 Å². The summed E-state index contributed by atoms with van der Waals surface area (Å²) in [6.45, 7) is 0.838. The first kappa shape index (κ1) is 20.1. The van der Waals surface area contributed by atoms with Crippen LogP contribution in [0.25, 0.3) is 0 Å². The fourth-order valence-corrected chi connectivity index (χ4v) is 2.74. The number of nitrogens with one attached hydrogen (secondary N) is 2. The number of hydrogen-bond donors (Lipinski definition) is 2. The summed E-state index contributed by atoms with van der Waals surface area (Å²) in [5.41, 5.74) is 2.95. The lowest BCUT2D eigenvalue weighted by Crippen LogP contribution is -2.23. The zero-order valence-corrected chi connectivity index (χ0v) is 16.2. The first-order valence-electron chi connectivity index (χ1n) is 9.01. The molecule has 0 fully saturated rings. The Labute approximate surface area is 168 Å². The van der Waals surface area contributed by atoms with E-state index in [4.69, 9.17) is 9.47 Å². The Morgan fingerprint density at radius 1 is 0.931 bits per heavy atom. The van der Waals surface area contributed by atoms with Crippen LogP contribution in [0.1, 0.15) is 21.5 Å². The molecule has 0 radical (unpaired) electrons. The van der Waals surface area contributed by atoms with Gasteiger partial charge in [-0.1, -0.05) is 18.2 Å². The molecule has 1 heterocycles. The first-order valence-corrected chi connectivity index (χ1v) is 9.01. The predicted octanol–water partition coefficient (Wildman–Crippen LogP) is 3.78. The van der Waals surface area contributed by atoms with Crippen molar-refractivity contribution in [3.63, 3.8) is 0 Å². The molecule has 29 heavy (non-hydrogen) atoms. The topological polar surface area (TPSA) is 72.5 Å². The van der Waals surface area contributed by atoms with Gasteiger partial charge in [0.1, 0.15) is 5.82 Å². The number of carbonyl (C=O) groups excluding carboxylic acids is 1. The molecule has 0 bridgehead atoms. The molecule has 3 rings (SSSR count). The number of nitrogens with zero attached hydrogens (tertiary/aromatic N) is 1. The number of hydrogen-bond acceptors (Lipinski definition) is 5. The fourth-order valence-electron chi connectivity index (χ4n) is 2.74. The monoisotopic (exact) mass is 395 g/mol. The van der Waals surface area contributed by atoms with Gasteiger partial charge in [-0.05, 0) is 41.5 Å². The zero-order valence-electron chi connectivity index (χ0n) is 16.2. The number of methoxy groups -OCH3 is 2. The number of pyridine rings is 1. The van der Waals surface area contributed by atoms with Crippen LogP contribution in [0.2, 0.25) is 0 Å². The molecule has 0 saturated carbocycles. The van der Waals surface area contributed by atoms with Crippen LogP contribution in [0.3, 0.4) is 0 Å². The molecule has 150 valence electrons. The first-order chi connectivity index (χ1) is 14.1. The number of rotatable bonds is 8. The molecule has 2 N–H and O–H groups in total. The van der Waals surface area contributed by atoms with Crippen LogP contribution in [0.4, 0.5) is 10.1 Å². The summed E-state index contributed by atoms with van der Waals surface area (Å²) in [7, 11) is 3.14. The summed E-state index contributed by atoms with van der Waals surface area (Å²) in [6, 6.07) is 13.4. The minimum Gasteiger partial charge on any atom is -0.493 e. The molecule has 0 atom stereocenters. The van der Waals surface area contributed by atoms with Crippen molar-refractivity contribution in [1.29, 1.82) is 0 Å². The highest BCUT2D eigenvalue weighted by molar-refractivity contribution is 5.94. The Morgan fingerprint density at radius 3 is 2.38 bits per heavy atom. The van der Waals surface area contributed by atoms with Gasteiger partial charge in [-0.25, -0.2) is 4.39 Å². The quantitative estimate of drug-likeness (QED) is 0.607. The Kier molecular flexibility index (Phi) is 6.63. The summed E-state index contributed by atoms with van der Waals surface area (Å²) in [4.78, 5) is 16.6. The van der Waals surface area contributed by atoms with E-state index in [1.807, 2.05) is 12.1 Å². The molecule has 0 aliphatic rings. The van der Waals surface area contributed by atoms with Crippen molar-refractivity contribution in [3.05, 3.63) is 83.4 Å². The van der Waals surface area contributed by atoms with Crippen molar-refractivity contribution in [3.8, 4) is 11.5 Å². The Hall–Kier alpha value is -3.61. The van der Waals surface area contributed by atoms with Crippen molar-refractivity contribution in [2.75, 3.05) is 19.5 Å². The van der Waals surface area contributed by atoms with E-state index in [1.165, 1.54) is 18.3 Å². The lowest BCUT2D eigenvalue weighted by Gasteiger charge is -2.11. The minimum absolute atomic E-state index is 0.238. The van der Waals surface area contributed by atoms with Gasteiger partial charge >= 0.3 is 0 Å².